The maximum atomic E-state index is 12.9. The van der Waals surface area contributed by atoms with Crippen molar-refractivity contribution in [2.45, 2.75) is 31.7 Å². The fourth-order valence-electron chi connectivity index (χ4n) is 2.41. The van der Waals surface area contributed by atoms with Crippen molar-refractivity contribution in [1.82, 2.24) is 10.2 Å². The SMILES string of the molecule is COc1ccc(C(Cc2cccs2)C(=O)NCC(C)(C)N(C)C)cc1. The highest BCUT2D eigenvalue weighted by Gasteiger charge is 2.26. The lowest BCUT2D eigenvalue weighted by atomic mass is 9.93. The Bertz CT molecular complexity index is 664. The summed E-state index contributed by atoms with van der Waals surface area (Å²) in [4.78, 5) is 16.3. The molecule has 0 aliphatic heterocycles. The zero-order chi connectivity index (χ0) is 18.4. The Kier molecular flexibility index (Phi) is 6.62. The third-order valence-corrected chi connectivity index (χ3v) is 5.62. The number of rotatable bonds is 8. The number of hydrogen-bond acceptors (Lipinski definition) is 4. The summed E-state index contributed by atoms with van der Waals surface area (Å²) in [5.41, 5.74) is 0.914. The molecule has 1 aromatic carbocycles. The largest absolute Gasteiger partial charge is 0.497 e. The molecular weight excluding hydrogens is 332 g/mol. The van der Waals surface area contributed by atoms with E-state index in [9.17, 15) is 4.79 Å². The molecule has 136 valence electrons. The van der Waals surface area contributed by atoms with Crippen LogP contribution in [0, 0.1) is 0 Å². The number of benzene rings is 1. The molecule has 0 saturated heterocycles. The highest BCUT2D eigenvalue weighted by Crippen LogP contribution is 2.26. The predicted octanol–water partition coefficient (Wildman–Crippen LogP) is 3.54. The standard InChI is InChI=1S/C20H28N2O2S/c1-20(2,22(3)4)14-21-19(23)18(13-17-7-6-12-25-17)15-8-10-16(24-5)11-9-15/h6-12,18H,13-14H2,1-5H3,(H,21,23). The van der Waals surface area contributed by atoms with Crippen LogP contribution in [0.2, 0.25) is 0 Å². The highest BCUT2D eigenvalue weighted by atomic mass is 32.1. The lowest BCUT2D eigenvalue weighted by Gasteiger charge is -2.33. The number of nitrogens with zero attached hydrogens (tertiary/aromatic N) is 1. The number of likely N-dealkylation sites (N-methyl/N-ethyl adjacent to an activating group) is 1. The second-order valence-electron chi connectivity index (χ2n) is 7.03. The Hall–Kier alpha value is -1.85. The Morgan fingerprint density at radius 2 is 1.92 bits per heavy atom. The van der Waals surface area contributed by atoms with E-state index >= 15 is 0 Å². The molecule has 1 atom stereocenters. The van der Waals surface area contributed by atoms with Gasteiger partial charge in [-0.25, -0.2) is 0 Å². The van der Waals surface area contributed by atoms with E-state index in [1.165, 1.54) is 4.88 Å². The summed E-state index contributed by atoms with van der Waals surface area (Å²) in [5.74, 6) is 0.656. The Morgan fingerprint density at radius 3 is 2.44 bits per heavy atom. The minimum Gasteiger partial charge on any atom is -0.497 e. The zero-order valence-corrected chi connectivity index (χ0v) is 16.5. The van der Waals surface area contributed by atoms with Crippen LogP contribution < -0.4 is 10.1 Å². The molecule has 2 aromatic rings. The Balaban J connectivity index is 2.16. The lowest BCUT2D eigenvalue weighted by molar-refractivity contribution is -0.123. The van der Waals surface area contributed by atoms with E-state index in [0.717, 1.165) is 11.3 Å². The zero-order valence-electron chi connectivity index (χ0n) is 15.7. The summed E-state index contributed by atoms with van der Waals surface area (Å²) >= 11 is 1.69. The van der Waals surface area contributed by atoms with Crippen molar-refractivity contribution in [3.8, 4) is 5.75 Å². The topological polar surface area (TPSA) is 41.6 Å². The normalized spacial score (nSPS) is 12.9. The van der Waals surface area contributed by atoms with Gasteiger partial charge in [-0.05, 0) is 63.5 Å². The van der Waals surface area contributed by atoms with E-state index in [4.69, 9.17) is 4.74 Å². The fourth-order valence-corrected chi connectivity index (χ4v) is 3.16. The molecule has 4 nitrogen and oxygen atoms in total. The average molecular weight is 361 g/mol. The van der Waals surface area contributed by atoms with Crippen molar-refractivity contribution in [1.29, 1.82) is 0 Å². The van der Waals surface area contributed by atoms with Gasteiger partial charge in [0, 0.05) is 17.0 Å². The first-order valence-electron chi connectivity index (χ1n) is 8.45. The number of ether oxygens (including phenoxy) is 1. The van der Waals surface area contributed by atoms with Gasteiger partial charge in [0.05, 0.1) is 13.0 Å². The average Bonchev–Trinajstić information content (AvgIpc) is 3.11. The third kappa shape index (κ3) is 5.31. The van der Waals surface area contributed by atoms with E-state index < -0.39 is 0 Å². The second-order valence-corrected chi connectivity index (χ2v) is 8.07. The molecule has 0 radical (unpaired) electrons. The minimum absolute atomic E-state index is 0.0634. The van der Waals surface area contributed by atoms with Crippen LogP contribution in [0.25, 0.3) is 0 Å². The van der Waals surface area contributed by atoms with Gasteiger partial charge in [-0.15, -0.1) is 11.3 Å². The van der Waals surface area contributed by atoms with Crippen LogP contribution in [-0.2, 0) is 11.2 Å². The quantitative estimate of drug-likeness (QED) is 0.783. The molecule has 0 fully saturated rings. The number of nitrogens with one attached hydrogen (secondary N) is 1. The minimum atomic E-state index is -0.206. The molecule has 25 heavy (non-hydrogen) atoms. The smallest absolute Gasteiger partial charge is 0.227 e. The van der Waals surface area contributed by atoms with E-state index in [2.05, 4.69) is 30.1 Å². The van der Waals surface area contributed by atoms with Crippen molar-refractivity contribution in [2.24, 2.45) is 0 Å². The molecule has 1 amide bonds. The molecule has 0 saturated carbocycles. The van der Waals surface area contributed by atoms with Gasteiger partial charge < -0.3 is 15.0 Å². The molecule has 1 N–H and O–H groups in total. The second kappa shape index (κ2) is 8.50. The number of methoxy groups -OCH3 is 1. The van der Waals surface area contributed by atoms with Crippen LogP contribution in [0.5, 0.6) is 5.75 Å². The molecule has 5 heteroatoms. The van der Waals surface area contributed by atoms with Crippen molar-refractivity contribution in [2.75, 3.05) is 27.7 Å². The van der Waals surface area contributed by atoms with Crippen LogP contribution in [-0.4, -0.2) is 44.1 Å². The lowest BCUT2D eigenvalue weighted by Crippen LogP contribution is -2.49. The molecule has 1 heterocycles. The number of carbonyl (C=O) groups is 1. The summed E-state index contributed by atoms with van der Waals surface area (Å²) in [6, 6.07) is 11.9. The first kappa shape index (κ1) is 19.5. The van der Waals surface area contributed by atoms with Gasteiger partial charge in [0.1, 0.15) is 5.75 Å². The molecule has 0 bridgehead atoms. The van der Waals surface area contributed by atoms with E-state index in [0.29, 0.717) is 13.0 Å². The van der Waals surface area contributed by atoms with Crippen LogP contribution >= 0.6 is 11.3 Å². The van der Waals surface area contributed by atoms with Gasteiger partial charge in [0.25, 0.3) is 0 Å². The summed E-state index contributed by atoms with van der Waals surface area (Å²) in [5, 5.41) is 5.19. The van der Waals surface area contributed by atoms with Crippen LogP contribution in [0.3, 0.4) is 0 Å². The number of amides is 1. The molecular formula is C20H28N2O2S. The summed E-state index contributed by atoms with van der Waals surface area (Å²) < 4.78 is 5.23. The van der Waals surface area contributed by atoms with Crippen LogP contribution in [0.1, 0.15) is 30.2 Å². The molecule has 0 aliphatic rings. The number of hydrogen-bond donors (Lipinski definition) is 1. The van der Waals surface area contributed by atoms with Crippen LogP contribution in [0.4, 0.5) is 0 Å². The summed E-state index contributed by atoms with van der Waals surface area (Å²) in [6.07, 6.45) is 0.707. The third-order valence-electron chi connectivity index (χ3n) is 4.73. The fraction of sp³-hybridized carbons (Fsp3) is 0.450. The van der Waals surface area contributed by atoms with Gasteiger partial charge >= 0.3 is 0 Å². The van der Waals surface area contributed by atoms with E-state index in [1.54, 1.807) is 18.4 Å². The van der Waals surface area contributed by atoms with Gasteiger partial charge in [-0.3, -0.25) is 4.79 Å². The first-order valence-corrected chi connectivity index (χ1v) is 9.33. The highest BCUT2D eigenvalue weighted by molar-refractivity contribution is 7.09. The summed E-state index contributed by atoms with van der Waals surface area (Å²) in [7, 11) is 5.70. The van der Waals surface area contributed by atoms with Crippen molar-refractivity contribution in [3.63, 3.8) is 0 Å². The van der Waals surface area contributed by atoms with Gasteiger partial charge in [-0.2, -0.15) is 0 Å². The van der Waals surface area contributed by atoms with Crippen molar-refractivity contribution < 1.29 is 9.53 Å². The van der Waals surface area contributed by atoms with Crippen molar-refractivity contribution >= 4 is 17.2 Å². The van der Waals surface area contributed by atoms with Gasteiger partial charge in [-0.1, -0.05) is 18.2 Å². The maximum absolute atomic E-state index is 12.9. The number of carbonyl (C=O) groups excluding carboxylic acids is 1. The molecule has 1 aromatic heterocycles. The number of thiophene rings is 1. The molecule has 0 aliphatic carbocycles. The van der Waals surface area contributed by atoms with E-state index in [-0.39, 0.29) is 17.4 Å². The maximum Gasteiger partial charge on any atom is 0.227 e. The van der Waals surface area contributed by atoms with Gasteiger partial charge in [0.15, 0.2) is 0 Å². The Labute approximate surface area is 154 Å². The van der Waals surface area contributed by atoms with Crippen molar-refractivity contribution in [3.05, 3.63) is 52.2 Å². The van der Waals surface area contributed by atoms with E-state index in [1.807, 2.05) is 49.8 Å². The predicted molar refractivity (Wildman–Crippen MR) is 105 cm³/mol. The first-order chi connectivity index (χ1) is 11.8. The van der Waals surface area contributed by atoms with Gasteiger partial charge in [0.2, 0.25) is 5.91 Å². The van der Waals surface area contributed by atoms with Crippen LogP contribution in [0.15, 0.2) is 41.8 Å². The monoisotopic (exact) mass is 360 g/mol. The Morgan fingerprint density at radius 1 is 1.24 bits per heavy atom. The summed E-state index contributed by atoms with van der Waals surface area (Å²) in [6.45, 7) is 4.85. The molecule has 1 unspecified atom stereocenters. The molecule has 2 rings (SSSR count). The molecule has 0 spiro atoms.